The summed E-state index contributed by atoms with van der Waals surface area (Å²) in [6.45, 7) is 4.84. The third-order valence-electron chi connectivity index (χ3n) is 6.09. The van der Waals surface area contributed by atoms with Crippen molar-refractivity contribution in [3.63, 3.8) is 0 Å². The van der Waals surface area contributed by atoms with Crippen LogP contribution < -0.4 is 10.2 Å². The Kier molecular flexibility index (Phi) is 5.88. The first-order chi connectivity index (χ1) is 16.5. The van der Waals surface area contributed by atoms with E-state index >= 15 is 0 Å². The van der Waals surface area contributed by atoms with Crippen LogP contribution in [0.25, 0.3) is 11.0 Å². The number of ether oxygens (including phenoxy) is 1. The quantitative estimate of drug-likeness (QED) is 0.330. The van der Waals surface area contributed by atoms with Crippen LogP contribution in [0.4, 0.5) is 0 Å². The van der Waals surface area contributed by atoms with Crippen LogP contribution in [-0.2, 0) is 6.54 Å². The minimum atomic E-state index is -0.597. The van der Waals surface area contributed by atoms with E-state index in [0.29, 0.717) is 28.2 Å². The summed E-state index contributed by atoms with van der Waals surface area (Å²) in [5.74, 6) is 0.504. The fourth-order valence-electron chi connectivity index (χ4n) is 4.42. The molecule has 4 aromatic rings. The summed E-state index contributed by atoms with van der Waals surface area (Å²) in [7, 11) is 0. The molecule has 1 aliphatic heterocycles. The molecule has 0 radical (unpaired) electrons. The molecule has 1 atom stereocenters. The molecular formula is C28H24ClNO4. The lowest BCUT2D eigenvalue weighted by Crippen LogP contribution is -2.29. The Morgan fingerprint density at radius 3 is 2.53 bits per heavy atom. The summed E-state index contributed by atoms with van der Waals surface area (Å²) >= 11 is 6.42. The predicted molar refractivity (Wildman–Crippen MR) is 133 cm³/mol. The Morgan fingerprint density at radius 1 is 1.03 bits per heavy atom. The van der Waals surface area contributed by atoms with Crippen LogP contribution in [0.3, 0.4) is 0 Å². The SMILES string of the molecule is CCCOc1ccc(C2c3c(oc4ccc(C)cc4c3=O)C(=O)N2Cc2ccccc2Cl)cc1. The molecule has 6 heteroatoms. The molecule has 0 saturated heterocycles. The van der Waals surface area contributed by atoms with Gasteiger partial charge in [0, 0.05) is 11.6 Å². The summed E-state index contributed by atoms with van der Waals surface area (Å²) in [6.07, 6.45) is 0.908. The average molecular weight is 474 g/mol. The Hall–Kier alpha value is -3.57. The number of rotatable bonds is 6. The fourth-order valence-corrected chi connectivity index (χ4v) is 4.62. The van der Waals surface area contributed by atoms with Crippen LogP contribution >= 0.6 is 11.6 Å². The number of carbonyl (C=O) groups excluding carboxylic acids is 1. The molecule has 0 spiro atoms. The van der Waals surface area contributed by atoms with E-state index in [1.807, 2.05) is 62.4 Å². The lowest BCUT2D eigenvalue weighted by molar-refractivity contribution is 0.0714. The number of hydrogen-bond donors (Lipinski definition) is 0. The largest absolute Gasteiger partial charge is 0.494 e. The maximum absolute atomic E-state index is 13.7. The van der Waals surface area contributed by atoms with Gasteiger partial charge < -0.3 is 14.1 Å². The third-order valence-corrected chi connectivity index (χ3v) is 6.46. The van der Waals surface area contributed by atoms with Gasteiger partial charge in [0.05, 0.1) is 23.6 Å². The molecule has 0 fully saturated rings. The zero-order valence-corrected chi connectivity index (χ0v) is 19.8. The van der Waals surface area contributed by atoms with E-state index in [1.165, 1.54) is 0 Å². The average Bonchev–Trinajstić information content (AvgIpc) is 3.12. The van der Waals surface area contributed by atoms with Crippen molar-refractivity contribution in [1.29, 1.82) is 0 Å². The van der Waals surface area contributed by atoms with Crippen LogP contribution in [0.5, 0.6) is 5.75 Å². The molecule has 5 rings (SSSR count). The molecule has 0 aliphatic carbocycles. The van der Waals surface area contributed by atoms with E-state index in [2.05, 4.69) is 0 Å². The number of carbonyl (C=O) groups is 1. The van der Waals surface area contributed by atoms with Gasteiger partial charge in [0.15, 0.2) is 5.43 Å². The van der Waals surface area contributed by atoms with Gasteiger partial charge in [0.1, 0.15) is 11.3 Å². The number of fused-ring (bicyclic) bond motifs is 2. The highest BCUT2D eigenvalue weighted by Gasteiger charge is 2.42. The molecule has 1 aliphatic rings. The van der Waals surface area contributed by atoms with Gasteiger partial charge in [-0.1, -0.05) is 60.5 Å². The smallest absolute Gasteiger partial charge is 0.291 e. The minimum absolute atomic E-state index is 0.0877. The Bertz CT molecular complexity index is 1440. The lowest BCUT2D eigenvalue weighted by Gasteiger charge is -2.25. The van der Waals surface area contributed by atoms with Gasteiger partial charge in [-0.15, -0.1) is 0 Å². The summed E-state index contributed by atoms with van der Waals surface area (Å²) in [6, 6.07) is 19.8. The van der Waals surface area contributed by atoms with Crippen molar-refractivity contribution >= 4 is 28.5 Å². The highest BCUT2D eigenvalue weighted by Crippen LogP contribution is 2.40. The summed E-state index contributed by atoms with van der Waals surface area (Å²) in [5, 5.41) is 1.03. The van der Waals surface area contributed by atoms with Gasteiger partial charge in [0.2, 0.25) is 5.76 Å². The summed E-state index contributed by atoms with van der Waals surface area (Å²) in [4.78, 5) is 28.9. The van der Waals surface area contributed by atoms with Crippen molar-refractivity contribution in [2.75, 3.05) is 6.61 Å². The number of halogens is 1. The van der Waals surface area contributed by atoms with Crippen LogP contribution in [0.2, 0.25) is 5.02 Å². The molecule has 3 aromatic carbocycles. The first-order valence-electron chi connectivity index (χ1n) is 11.3. The minimum Gasteiger partial charge on any atom is -0.494 e. The second kappa shape index (κ2) is 8.99. The molecule has 34 heavy (non-hydrogen) atoms. The first-order valence-corrected chi connectivity index (χ1v) is 11.7. The lowest BCUT2D eigenvalue weighted by atomic mass is 9.98. The summed E-state index contributed by atoms with van der Waals surface area (Å²) < 4.78 is 11.7. The van der Waals surface area contributed by atoms with E-state index in [4.69, 9.17) is 20.8 Å². The van der Waals surface area contributed by atoms with Crippen molar-refractivity contribution in [3.05, 3.63) is 110 Å². The molecule has 172 valence electrons. The monoisotopic (exact) mass is 473 g/mol. The molecule has 1 aromatic heterocycles. The number of amides is 1. The molecule has 0 bridgehead atoms. The van der Waals surface area contributed by atoms with Gasteiger partial charge in [-0.3, -0.25) is 9.59 Å². The maximum Gasteiger partial charge on any atom is 0.291 e. The van der Waals surface area contributed by atoms with Crippen molar-refractivity contribution in [2.24, 2.45) is 0 Å². The van der Waals surface area contributed by atoms with Crippen molar-refractivity contribution in [1.82, 2.24) is 4.90 Å². The second-order valence-corrected chi connectivity index (χ2v) is 8.93. The van der Waals surface area contributed by atoms with Crippen LogP contribution in [0.15, 0.2) is 75.9 Å². The van der Waals surface area contributed by atoms with E-state index in [9.17, 15) is 9.59 Å². The van der Waals surface area contributed by atoms with E-state index in [-0.39, 0.29) is 23.6 Å². The third kappa shape index (κ3) is 3.86. The highest BCUT2D eigenvalue weighted by atomic mass is 35.5. The van der Waals surface area contributed by atoms with Crippen molar-refractivity contribution < 1.29 is 13.9 Å². The van der Waals surface area contributed by atoms with Crippen LogP contribution in [0, 0.1) is 6.92 Å². The Morgan fingerprint density at radius 2 is 1.79 bits per heavy atom. The van der Waals surface area contributed by atoms with Gasteiger partial charge >= 0.3 is 0 Å². The molecule has 1 unspecified atom stereocenters. The zero-order chi connectivity index (χ0) is 23.8. The topological polar surface area (TPSA) is 59.8 Å². The zero-order valence-electron chi connectivity index (χ0n) is 19.0. The molecule has 5 nitrogen and oxygen atoms in total. The van der Waals surface area contributed by atoms with Gasteiger partial charge in [-0.2, -0.15) is 0 Å². The van der Waals surface area contributed by atoms with Crippen LogP contribution in [-0.4, -0.2) is 17.4 Å². The van der Waals surface area contributed by atoms with Crippen molar-refractivity contribution in [2.45, 2.75) is 32.9 Å². The van der Waals surface area contributed by atoms with E-state index < -0.39 is 6.04 Å². The maximum atomic E-state index is 13.7. The first kappa shape index (κ1) is 22.2. The molecule has 1 amide bonds. The highest BCUT2D eigenvalue weighted by molar-refractivity contribution is 6.31. The standard InChI is InChI=1S/C28H24ClNO4/c1-3-14-33-20-11-9-18(10-12-20)25-24-26(31)21-15-17(2)8-13-23(21)34-27(24)28(32)30(25)16-19-6-4-5-7-22(19)29/h4-13,15,25H,3,14,16H2,1-2H3. The fraction of sp³-hybridized carbons (Fsp3) is 0.214. The summed E-state index contributed by atoms with van der Waals surface area (Å²) in [5.41, 5.74) is 3.13. The number of benzene rings is 3. The van der Waals surface area contributed by atoms with Gasteiger partial charge in [-0.05, 0) is 54.8 Å². The second-order valence-electron chi connectivity index (χ2n) is 8.52. The van der Waals surface area contributed by atoms with E-state index in [0.717, 1.165) is 28.9 Å². The van der Waals surface area contributed by atoms with Crippen LogP contribution in [0.1, 0.15) is 52.2 Å². The number of hydrogen-bond acceptors (Lipinski definition) is 4. The normalized spacial score (nSPS) is 15.1. The molecular weight excluding hydrogens is 450 g/mol. The van der Waals surface area contributed by atoms with Crippen molar-refractivity contribution in [3.8, 4) is 5.75 Å². The number of aryl methyl sites for hydroxylation is 1. The Labute approximate surface area is 202 Å². The Balaban J connectivity index is 1.67. The van der Waals surface area contributed by atoms with Gasteiger partial charge in [-0.25, -0.2) is 0 Å². The predicted octanol–water partition coefficient (Wildman–Crippen LogP) is 6.29. The van der Waals surface area contributed by atoms with E-state index in [1.54, 1.807) is 23.1 Å². The number of nitrogens with zero attached hydrogens (tertiary/aromatic N) is 1. The molecule has 2 heterocycles. The molecule has 0 N–H and O–H groups in total. The molecule has 0 saturated carbocycles. The van der Waals surface area contributed by atoms with Gasteiger partial charge in [0.25, 0.3) is 5.91 Å².